The van der Waals surface area contributed by atoms with Gasteiger partial charge in [0.2, 0.25) is 0 Å². The summed E-state index contributed by atoms with van der Waals surface area (Å²) in [6.45, 7) is 0. The van der Waals surface area contributed by atoms with E-state index in [2.05, 4.69) is 255 Å². The van der Waals surface area contributed by atoms with Gasteiger partial charge in [0.1, 0.15) is 0 Å². The number of thiophene rings is 2. The second-order valence-electron chi connectivity index (χ2n) is 21.6. The van der Waals surface area contributed by atoms with Crippen molar-refractivity contribution in [2.24, 2.45) is 0 Å². The molecule has 0 spiro atoms. The van der Waals surface area contributed by atoms with Crippen LogP contribution in [0.3, 0.4) is 0 Å². The maximum absolute atomic E-state index is 5.36. The number of benzene rings is 11. The second kappa shape index (κ2) is 18.8. The Kier molecular flexibility index (Phi) is 10.8. The average molecular weight is 1080 g/mol. The van der Waals surface area contributed by atoms with Crippen molar-refractivity contribution in [1.29, 1.82) is 0 Å². The van der Waals surface area contributed by atoms with Crippen molar-refractivity contribution in [3.63, 3.8) is 0 Å². The first-order valence-corrected chi connectivity index (χ1v) is 29.5. The van der Waals surface area contributed by atoms with Gasteiger partial charge in [0.25, 0.3) is 0 Å². The van der Waals surface area contributed by atoms with Crippen molar-refractivity contribution in [1.82, 2.24) is 19.9 Å². The largest absolute Gasteiger partial charge is 0.228 e. The van der Waals surface area contributed by atoms with Gasteiger partial charge in [-0.1, -0.05) is 194 Å². The van der Waals surface area contributed by atoms with Crippen LogP contribution >= 0.6 is 22.7 Å². The Morgan fingerprint density at radius 2 is 0.537 bits per heavy atom. The van der Waals surface area contributed by atoms with E-state index in [0.717, 1.165) is 67.3 Å². The van der Waals surface area contributed by atoms with Gasteiger partial charge in [-0.3, -0.25) is 0 Å². The maximum Gasteiger partial charge on any atom is 0.160 e. The number of nitrogens with zero attached hydrogens (tertiary/aromatic N) is 4. The minimum atomic E-state index is 0.0411. The van der Waals surface area contributed by atoms with E-state index in [4.69, 9.17) is 19.9 Å². The van der Waals surface area contributed by atoms with Crippen LogP contribution in [-0.4, -0.2) is 19.9 Å². The molecule has 0 fully saturated rings. The minimum absolute atomic E-state index is 0.0411. The first-order valence-electron chi connectivity index (χ1n) is 27.9. The molecule has 4 aromatic heterocycles. The highest BCUT2D eigenvalue weighted by Crippen LogP contribution is 2.57. The van der Waals surface area contributed by atoms with Gasteiger partial charge < -0.3 is 0 Å². The lowest BCUT2D eigenvalue weighted by Gasteiger charge is -2.42. The molecule has 0 amide bonds. The summed E-state index contributed by atoms with van der Waals surface area (Å²) in [5, 5.41) is 5.18. The van der Waals surface area contributed by atoms with E-state index in [9.17, 15) is 0 Å². The van der Waals surface area contributed by atoms with E-state index in [1.807, 2.05) is 34.8 Å². The third kappa shape index (κ3) is 7.78. The number of hydrogen-bond acceptors (Lipinski definition) is 6. The van der Waals surface area contributed by atoms with E-state index >= 15 is 0 Å². The summed E-state index contributed by atoms with van der Waals surface area (Å²) in [5.74, 6) is 1.49. The summed E-state index contributed by atoms with van der Waals surface area (Å²) in [7, 11) is 0. The number of aromatic nitrogens is 4. The normalized spacial score (nSPS) is 14.1. The summed E-state index contributed by atoms with van der Waals surface area (Å²) < 4.78 is 5.22. The molecule has 3 aliphatic rings. The fourth-order valence-corrected chi connectivity index (χ4v) is 15.2. The molecule has 82 heavy (non-hydrogen) atoms. The molecular weight excluding hydrogens is 1030 g/mol. The summed E-state index contributed by atoms with van der Waals surface area (Å²) >= 11 is 3.70. The Morgan fingerprint density at radius 1 is 0.207 bits per heavy atom. The highest BCUT2D eigenvalue weighted by molar-refractivity contribution is 7.26. The van der Waals surface area contributed by atoms with Crippen LogP contribution in [-0.2, 0) is 0 Å². The molecule has 0 radical (unpaired) electrons. The fraction of sp³-hybridized carbons (Fsp3) is 0.0263. The molecule has 6 heteroatoms. The predicted molar refractivity (Wildman–Crippen MR) is 342 cm³/mol. The molecule has 2 atom stereocenters. The van der Waals surface area contributed by atoms with Crippen LogP contribution in [0.15, 0.2) is 267 Å². The molecule has 2 unspecified atom stereocenters. The molecule has 3 aliphatic carbocycles. The van der Waals surface area contributed by atoms with Gasteiger partial charge >= 0.3 is 0 Å². The lowest BCUT2D eigenvalue weighted by molar-refractivity contribution is 0.755. The standard InChI is InChI=1S/C76H46N4S2/c1-3-15-45(16-4-1)75-77-65(51-21-13-19-47(37-51)49-31-35-71-61(39-49)55-23-9-11-27-69(55)81-71)43-67(79-75)53-29-33-59-63(41-53)73-57-25-7-8-26-58(57)74(59)64-42-54(30-34-60(64)73)68-44-66(78-76(80-68)46-17-5-2-6-18-46)52-22-14-20-48(38-52)50-32-36-72-62(40-50)56-24-10-12-28-70(56)82-72/h1-44,73-74H. The Bertz CT molecular complexity index is 4760. The predicted octanol–water partition coefficient (Wildman–Crippen LogP) is 20.3. The number of fused-ring (bicyclic) bond motifs is 6. The van der Waals surface area contributed by atoms with Gasteiger partial charge in [-0.25, -0.2) is 19.9 Å². The van der Waals surface area contributed by atoms with Crippen LogP contribution in [0.5, 0.6) is 0 Å². The highest BCUT2D eigenvalue weighted by Gasteiger charge is 2.41. The lowest BCUT2D eigenvalue weighted by Crippen LogP contribution is -2.27. The van der Waals surface area contributed by atoms with Crippen molar-refractivity contribution in [2.75, 3.05) is 0 Å². The topological polar surface area (TPSA) is 51.6 Å². The average Bonchev–Trinajstić information content (AvgIpc) is 1.31. The molecule has 0 N–H and O–H groups in total. The van der Waals surface area contributed by atoms with Crippen molar-refractivity contribution in [3.8, 4) is 90.1 Å². The van der Waals surface area contributed by atoms with Gasteiger partial charge in [0.15, 0.2) is 11.6 Å². The van der Waals surface area contributed by atoms with Crippen LogP contribution in [0.4, 0.5) is 0 Å². The first-order chi connectivity index (χ1) is 40.6. The van der Waals surface area contributed by atoms with Crippen molar-refractivity contribution in [3.05, 3.63) is 300 Å². The zero-order chi connectivity index (χ0) is 53.8. The van der Waals surface area contributed by atoms with Gasteiger partial charge in [0, 0.05) is 85.6 Å². The van der Waals surface area contributed by atoms with Crippen molar-refractivity contribution < 1.29 is 0 Å². The molecule has 0 saturated carbocycles. The van der Waals surface area contributed by atoms with Crippen molar-refractivity contribution >= 4 is 63.0 Å². The zero-order valence-electron chi connectivity index (χ0n) is 44.2. The monoisotopic (exact) mass is 1080 g/mol. The first kappa shape index (κ1) is 46.9. The van der Waals surface area contributed by atoms with E-state index in [1.165, 1.54) is 84.9 Å². The summed E-state index contributed by atoms with van der Waals surface area (Å²) in [5.41, 5.74) is 22.5. The Hall–Kier alpha value is -9.98. The lowest BCUT2D eigenvalue weighted by atomic mass is 9.60. The third-order valence-electron chi connectivity index (χ3n) is 16.9. The zero-order valence-corrected chi connectivity index (χ0v) is 45.8. The van der Waals surface area contributed by atoms with Gasteiger partial charge in [-0.15, -0.1) is 22.7 Å². The molecule has 4 nitrogen and oxygen atoms in total. The minimum Gasteiger partial charge on any atom is -0.228 e. The Labute approximate surface area is 482 Å². The quantitative estimate of drug-likeness (QED) is 0.152. The van der Waals surface area contributed by atoms with Crippen LogP contribution < -0.4 is 0 Å². The van der Waals surface area contributed by atoms with E-state index < -0.39 is 0 Å². The molecule has 15 aromatic rings. The smallest absolute Gasteiger partial charge is 0.160 e. The second-order valence-corrected chi connectivity index (χ2v) is 23.8. The molecule has 0 saturated heterocycles. The fourth-order valence-electron chi connectivity index (χ4n) is 13.0. The SMILES string of the molecule is c1ccc(-c2nc(-c3cccc(-c4ccc5sc6ccccc6c5c4)c3)cc(-c3ccc4c(c3)C3c5ccccc5C4c4cc(-c5cc(-c6cccc(-c7ccc8sc9ccccc9c8c7)c6)nc(-c6ccccc6)n5)ccc43)n2)cc1. The highest BCUT2D eigenvalue weighted by atomic mass is 32.1. The molecule has 2 bridgehead atoms. The van der Waals surface area contributed by atoms with Crippen LogP contribution in [0.25, 0.3) is 130 Å². The van der Waals surface area contributed by atoms with Crippen LogP contribution in [0, 0.1) is 0 Å². The van der Waals surface area contributed by atoms with Gasteiger partial charge in [-0.05, 0) is 128 Å². The van der Waals surface area contributed by atoms with Crippen LogP contribution in [0.1, 0.15) is 45.2 Å². The molecule has 4 heterocycles. The Morgan fingerprint density at radius 3 is 0.988 bits per heavy atom. The number of hydrogen-bond donors (Lipinski definition) is 0. The maximum atomic E-state index is 5.36. The summed E-state index contributed by atoms with van der Waals surface area (Å²) in [4.78, 5) is 21.3. The summed E-state index contributed by atoms with van der Waals surface area (Å²) in [6, 6.07) is 97.0. The van der Waals surface area contributed by atoms with Crippen LogP contribution in [0.2, 0.25) is 0 Å². The molecular formula is C76H46N4S2. The molecule has 382 valence electrons. The molecule has 11 aromatic carbocycles. The van der Waals surface area contributed by atoms with E-state index in [1.54, 1.807) is 0 Å². The van der Waals surface area contributed by atoms with Gasteiger partial charge in [-0.2, -0.15) is 0 Å². The molecule has 18 rings (SSSR count). The van der Waals surface area contributed by atoms with Gasteiger partial charge in [0.05, 0.1) is 22.8 Å². The van der Waals surface area contributed by atoms with E-state index in [-0.39, 0.29) is 11.8 Å². The third-order valence-corrected chi connectivity index (χ3v) is 19.2. The van der Waals surface area contributed by atoms with E-state index in [0.29, 0.717) is 11.6 Å². The molecule has 0 aliphatic heterocycles. The number of rotatable bonds is 8. The summed E-state index contributed by atoms with van der Waals surface area (Å²) in [6.07, 6.45) is 0. The van der Waals surface area contributed by atoms with Crippen molar-refractivity contribution in [2.45, 2.75) is 11.8 Å². The Balaban J connectivity index is 0.754.